The predicted octanol–water partition coefficient (Wildman–Crippen LogP) is 8.47. The number of para-hydroxylation sites is 2. The van der Waals surface area contributed by atoms with Crippen molar-refractivity contribution in [3.63, 3.8) is 0 Å². The highest BCUT2D eigenvalue weighted by Crippen LogP contribution is 2.41. The number of fused-ring (bicyclic) bond motifs is 1. The standard InChI is InChI=1S/C37H33N5O2S3/c1-44-32-18-9-8-17-31(32)40-37(45)39-27-15-10-16-28(21-27)46-34(26-13-6-3-7-14-26)35(43)41-36-30(22-38)29-19-20-42(24-33(29)47-36)23-25-11-4-2-5-12-25/h2-18,21,34H,19-20,23-24H2,1H3,(H,41,43)(H2,39,40,45). The van der Waals surface area contributed by atoms with Crippen LogP contribution in [0.25, 0.3) is 0 Å². The zero-order valence-corrected chi connectivity index (χ0v) is 28.2. The van der Waals surface area contributed by atoms with E-state index in [1.54, 1.807) is 7.11 Å². The Morgan fingerprint density at radius 2 is 1.72 bits per heavy atom. The number of anilines is 3. The highest BCUT2D eigenvalue weighted by atomic mass is 32.2. The van der Waals surface area contributed by atoms with E-state index in [1.165, 1.54) is 28.7 Å². The molecule has 2 heterocycles. The van der Waals surface area contributed by atoms with Gasteiger partial charge in [-0.05, 0) is 65.7 Å². The molecule has 1 aliphatic rings. The molecule has 1 amide bonds. The quantitative estimate of drug-likeness (QED) is 0.100. The third kappa shape index (κ3) is 8.02. The van der Waals surface area contributed by atoms with E-state index in [9.17, 15) is 10.1 Å². The van der Waals surface area contributed by atoms with Crippen molar-refractivity contribution in [2.75, 3.05) is 29.6 Å². The first-order chi connectivity index (χ1) is 23.0. The minimum absolute atomic E-state index is 0.177. The van der Waals surface area contributed by atoms with Gasteiger partial charge in [-0.25, -0.2) is 0 Å². The second-order valence-corrected chi connectivity index (χ2v) is 13.7. The van der Waals surface area contributed by atoms with Crippen molar-refractivity contribution in [1.82, 2.24) is 4.90 Å². The lowest BCUT2D eigenvalue weighted by atomic mass is 10.0. The summed E-state index contributed by atoms with van der Waals surface area (Å²) in [6.45, 7) is 2.47. The Bertz CT molecular complexity index is 1910. The second kappa shape index (κ2) is 15.3. The van der Waals surface area contributed by atoms with Gasteiger partial charge in [0.15, 0.2) is 5.11 Å². The van der Waals surface area contributed by atoms with Gasteiger partial charge in [0.2, 0.25) is 5.91 Å². The molecule has 7 nitrogen and oxygen atoms in total. The second-order valence-electron chi connectivity index (χ2n) is 11.0. The minimum atomic E-state index is -0.551. The van der Waals surface area contributed by atoms with Crippen molar-refractivity contribution in [2.45, 2.75) is 29.7 Å². The van der Waals surface area contributed by atoms with E-state index in [0.29, 0.717) is 21.4 Å². The molecule has 0 bridgehead atoms. The third-order valence-electron chi connectivity index (χ3n) is 7.77. The van der Waals surface area contributed by atoms with Crippen LogP contribution in [0.5, 0.6) is 5.75 Å². The van der Waals surface area contributed by atoms with Crippen LogP contribution in [-0.4, -0.2) is 29.6 Å². The molecule has 0 aliphatic carbocycles. The minimum Gasteiger partial charge on any atom is -0.495 e. The molecule has 0 radical (unpaired) electrons. The van der Waals surface area contributed by atoms with Gasteiger partial charge in [-0.1, -0.05) is 78.9 Å². The van der Waals surface area contributed by atoms with Crippen LogP contribution in [0.2, 0.25) is 0 Å². The number of carbonyl (C=O) groups excluding carboxylic acids is 1. The van der Waals surface area contributed by atoms with Crippen LogP contribution in [0.15, 0.2) is 114 Å². The number of nitriles is 1. The molecule has 0 saturated heterocycles. The molecule has 0 spiro atoms. The van der Waals surface area contributed by atoms with Gasteiger partial charge < -0.3 is 20.7 Å². The summed E-state index contributed by atoms with van der Waals surface area (Å²) >= 11 is 8.53. The van der Waals surface area contributed by atoms with Crippen LogP contribution in [0.4, 0.5) is 16.4 Å². The monoisotopic (exact) mass is 675 g/mol. The zero-order valence-electron chi connectivity index (χ0n) is 25.7. The van der Waals surface area contributed by atoms with Crippen LogP contribution in [0, 0.1) is 11.3 Å². The van der Waals surface area contributed by atoms with Gasteiger partial charge >= 0.3 is 0 Å². The Morgan fingerprint density at radius 3 is 2.49 bits per heavy atom. The molecule has 5 aromatic rings. The molecular weight excluding hydrogens is 643 g/mol. The molecule has 6 rings (SSSR count). The smallest absolute Gasteiger partial charge is 0.243 e. The average Bonchev–Trinajstić information content (AvgIpc) is 3.44. The lowest BCUT2D eigenvalue weighted by Gasteiger charge is -2.26. The summed E-state index contributed by atoms with van der Waals surface area (Å²) in [4.78, 5) is 18.4. The number of thiophene rings is 1. The van der Waals surface area contributed by atoms with E-state index >= 15 is 0 Å². The van der Waals surface area contributed by atoms with Gasteiger partial charge in [0.05, 0.1) is 18.4 Å². The Morgan fingerprint density at radius 1 is 0.979 bits per heavy atom. The van der Waals surface area contributed by atoms with Crippen LogP contribution in [0.1, 0.15) is 32.4 Å². The van der Waals surface area contributed by atoms with Gasteiger partial charge in [-0.15, -0.1) is 23.1 Å². The number of ether oxygens (including phenoxy) is 1. The van der Waals surface area contributed by atoms with E-state index in [0.717, 1.165) is 58.3 Å². The van der Waals surface area contributed by atoms with Crippen molar-refractivity contribution >= 4 is 62.7 Å². The molecule has 10 heteroatoms. The maximum atomic E-state index is 14.0. The molecule has 0 saturated carbocycles. The maximum absolute atomic E-state index is 14.0. The molecule has 236 valence electrons. The third-order valence-corrected chi connectivity index (χ3v) is 10.4. The number of thioether (sulfide) groups is 1. The van der Waals surface area contributed by atoms with Crippen LogP contribution >= 0.6 is 35.3 Å². The first-order valence-electron chi connectivity index (χ1n) is 15.1. The lowest BCUT2D eigenvalue weighted by Crippen LogP contribution is -2.29. The molecule has 47 heavy (non-hydrogen) atoms. The fourth-order valence-electron chi connectivity index (χ4n) is 5.53. The average molecular weight is 676 g/mol. The fourth-order valence-corrected chi connectivity index (χ4v) is 8.09. The lowest BCUT2D eigenvalue weighted by molar-refractivity contribution is -0.115. The number of thiocarbonyl (C=S) groups is 1. The SMILES string of the molecule is COc1ccccc1NC(=S)Nc1cccc(SC(C(=O)Nc2sc3c(c2C#N)CCN(Cc2ccccc2)C3)c2ccccc2)c1. The topological polar surface area (TPSA) is 89.4 Å². The van der Waals surface area contributed by atoms with Crippen molar-refractivity contribution in [3.05, 3.63) is 136 Å². The van der Waals surface area contributed by atoms with Gasteiger partial charge in [-0.3, -0.25) is 9.69 Å². The number of hydrogen-bond acceptors (Lipinski definition) is 7. The molecule has 1 atom stereocenters. The van der Waals surface area contributed by atoms with Crippen molar-refractivity contribution in [1.29, 1.82) is 5.26 Å². The van der Waals surface area contributed by atoms with Gasteiger partial charge in [0.25, 0.3) is 0 Å². The van der Waals surface area contributed by atoms with E-state index < -0.39 is 5.25 Å². The Balaban J connectivity index is 1.18. The largest absolute Gasteiger partial charge is 0.495 e. The number of carbonyl (C=O) groups is 1. The number of nitrogens with one attached hydrogen (secondary N) is 3. The number of nitrogens with zero attached hydrogens (tertiary/aromatic N) is 2. The van der Waals surface area contributed by atoms with E-state index in [2.05, 4.69) is 51.2 Å². The van der Waals surface area contributed by atoms with Crippen molar-refractivity contribution in [3.8, 4) is 11.8 Å². The summed E-state index contributed by atoms with van der Waals surface area (Å²) in [7, 11) is 1.62. The van der Waals surface area contributed by atoms with Crippen LogP contribution < -0.4 is 20.7 Å². The summed E-state index contributed by atoms with van der Waals surface area (Å²) < 4.78 is 5.42. The van der Waals surface area contributed by atoms with E-state index in [4.69, 9.17) is 17.0 Å². The molecule has 4 aromatic carbocycles. The first kappa shape index (κ1) is 32.3. The van der Waals surface area contributed by atoms with Crippen molar-refractivity contribution in [2.24, 2.45) is 0 Å². The molecule has 1 aliphatic heterocycles. The Hall–Kier alpha value is -4.66. The number of hydrogen-bond donors (Lipinski definition) is 3. The summed E-state index contributed by atoms with van der Waals surface area (Å²) in [5, 5.41) is 20.2. The molecule has 1 unspecified atom stereocenters. The highest BCUT2D eigenvalue weighted by Gasteiger charge is 2.28. The first-order valence-corrected chi connectivity index (χ1v) is 17.3. The fraction of sp³-hybridized carbons (Fsp3) is 0.162. The van der Waals surface area contributed by atoms with Gasteiger partial charge in [0, 0.05) is 35.1 Å². The number of methoxy groups -OCH3 is 1. The molecular formula is C37H33N5O2S3. The number of amides is 1. The summed E-state index contributed by atoms with van der Waals surface area (Å²) in [5.41, 5.74) is 5.31. The molecule has 3 N–H and O–H groups in total. The summed E-state index contributed by atoms with van der Waals surface area (Å²) in [6.07, 6.45) is 0.780. The van der Waals surface area contributed by atoms with Crippen LogP contribution in [-0.2, 0) is 24.3 Å². The van der Waals surface area contributed by atoms with Gasteiger partial charge in [0.1, 0.15) is 22.1 Å². The van der Waals surface area contributed by atoms with E-state index in [-0.39, 0.29) is 5.91 Å². The summed E-state index contributed by atoms with van der Waals surface area (Å²) in [5.74, 6) is 0.512. The van der Waals surface area contributed by atoms with E-state index in [1.807, 2.05) is 84.9 Å². The van der Waals surface area contributed by atoms with Crippen molar-refractivity contribution < 1.29 is 9.53 Å². The number of benzene rings is 4. The normalized spacial score (nSPS) is 13.1. The number of rotatable bonds is 10. The highest BCUT2D eigenvalue weighted by molar-refractivity contribution is 8.00. The van der Waals surface area contributed by atoms with Gasteiger partial charge in [-0.2, -0.15) is 5.26 Å². The molecule has 0 fully saturated rings. The predicted molar refractivity (Wildman–Crippen MR) is 196 cm³/mol. The Kier molecular flexibility index (Phi) is 10.5. The van der Waals surface area contributed by atoms with Crippen LogP contribution in [0.3, 0.4) is 0 Å². The zero-order chi connectivity index (χ0) is 32.6. The maximum Gasteiger partial charge on any atom is 0.243 e. The molecule has 1 aromatic heterocycles. The Labute approximate surface area is 288 Å². The summed E-state index contributed by atoms with van der Waals surface area (Å²) in [6, 6.07) is 37.9.